The number of rotatable bonds is 10. The van der Waals surface area contributed by atoms with Crippen LogP contribution in [0.25, 0.3) is 0 Å². The Morgan fingerprint density at radius 3 is 2.12 bits per heavy atom. The lowest BCUT2D eigenvalue weighted by Crippen LogP contribution is -2.29. The number of anilines is 3. The quantitative estimate of drug-likeness (QED) is 0.215. The van der Waals surface area contributed by atoms with E-state index >= 15 is 0 Å². The second kappa shape index (κ2) is 10.1. The number of sulfonamides is 1. The van der Waals surface area contributed by atoms with E-state index in [2.05, 4.69) is 30.3 Å². The first-order valence-electron chi connectivity index (χ1n) is 9.75. The van der Waals surface area contributed by atoms with Gasteiger partial charge >= 0.3 is 0 Å². The molecule has 34 heavy (non-hydrogen) atoms. The van der Waals surface area contributed by atoms with E-state index in [0.29, 0.717) is 17.5 Å². The zero-order valence-corrected chi connectivity index (χ0v) is 18.9. The minimum absolute atomic E-state index is 0.106. The van der Waals surface area contributed by atoms with Crippen molar-refractivity contribution in [3.05, 3.63) is 74.2 Å². The normalized spacial score (nSPS) is 11.1. The molecule has 3 aromatic rings. The lowest BCUT2D eigenvalue weighted by atomic mass is 10.1. The summed E-state index contributed by atoms with van der Waals surface area (Å²) in [5, 5.41) is 28.3. The van der Waals surface area contributed by atoms with E-state index in [1.165, 1.54) is 13.3 Å². The first-order valence-corrected chi connectivity index (χ1v) is 11.2. The van der Waals surface area contributed by atoms with Crippen LogP contribution in [0.3, 0.4) is 0 Å². The van der Waals surface area contributed by atoms with Gasteiger partial charge in [-0.1, -0.05) is 0 Å². The lowest BCUT2D eigenvalue weighted by Gasteiger charge is -2.10. The molecular formula is C19H20N8O6S. The highest BCUT2D eigenvalue weighted by molar-refractivity contribution is 7.89. The monoisotopic (exact) mass is 488 g/mol. The maximum atomic E-state index is 12.6. The maximum absolute atomic E-state index is 12.6. The Hall–Kier alpha value is -4.24. The van der Waals surface area contributed by atoms with Crippen LogP contribution < -0.4 is 15.4 Å². The van der Waals surface area contributed by atoms with Crippen LogP contribution in [0.15, 0.2) is 47.8 Å². The van der Waals surface area contributed by atoms with Crippen molar-refractivity contribution < 1.29 is 18.3 Å². The molecule has 0 aliphatic heterocycles. The fraction of sp³-hybridized carbons (Fsp3) is 0.211. The van der Waals surface area contributed by atoms with Gasteiger partial charge < -0.3 is 10.6 Å². The molecule has 0 radical (unpaired) electrons. The third-order valence-corrected chi connectivity index (χ3v) is 6.03. The number of nitrogens with one attached hydrogen (secondary N) is 3. The van der Waals surface area contributed by atoms with Crippen molar-refractivity contribution in [2.45, 2.75) is 18.7 Å². The Morgan fingerprint density at radius 2 is 1.50 bits per heavy atom. The molecule has 0 aliphatic carbocycles. The molecule has 1 aromatic carbocycles. The molecule has 15 heteroatoms. The van der Waals surface area contributed by atoms with Crippen molar-refractivity contribution >= 4 is 38.9 Å². The maximum Gasteiger partial charge on any atom is 0.280 e. The molecule has 0 saturated heterocycles. The van der Waals surface area contributed by atoms with Crippen LogP contribution in [0, 0.1) is 34.1 Å². The number of aromatic nitrogens is 3. The predicted octanol–water partition coefficient (Wildman–Crippen LogP) is 2.44. The molecule has 0 bridgehead atoms. The van der Waals surface area contributed by atoms with Gasteiger partial charge in [0.1, 0.15) is 29.3 Å². The third-order valence-electron chi connectivity index (χ3n) is 4.59. The van der Waals surface area contributed by atoms with Crippen LogP contribution >= 0.6 is 0 Å². The van der Waals surface area contributed by atoms with Crippen molar-refractivity contribution in [3.63, 3.8) is 0 Å². The minimum atomic E-state index is -4.25. The summed E-state index contributed by atoms with van der Waals surface area (Å²) in [7, 11) is -4.25. The van der Waals surface area contributed by atoms with E-state index in [9.17, 15) is 28.6 Å². The smallest absolute Gasteiger partial charge is 0.280 e. The Bertz CT molecular complexity index is 1310. The van der Waals surface area contributed by atoms with Crippen LogP contribution in [0.2, 0.25) is 0 Å². The number of nitrogens with zero attached hydrogens (tertiary/aromatic N) is 5. The van der Waals surface area contributed by atoms with E-state index in [-0.39, 0.29) is 18.7 Å². The van der Waals surface area contributed by atoms with Gasteiger partial charge in [0.05, 0.1) is 14.7 Å². The highest BCUT2D eigenvalue weighted by atomic mass is 32.2. The summed E-state index contributed by atoms with van der Waals surface area (Å²) in [5.41, 5.74) is -0.528. The van der Waals surface area contributed by atoms with E-state index in [0.717, 1.165) is 17.7 Å². The molecule has 0 fully saturated rings. The number of hydrogen-bond donors (Lipinski definition) is 3. The molecule has 0 saturated carbocycles. The third kappa shape index (κ3) is 5.96. The van der Waals surface area contributed by atoms with Crippen molar-refractivity contribution in [1.82, 2.24) is 19.7 Å². The molecule has 0 amide bonds. The van der Waals surface area contributed by atoms with Gasteiger partial charge in [-0.3, -0.25) is 20.2 Å². The van der Waals surface area contributed by atoms with E-state index in [1.54, 1.807) is 12.3 Å². The van der Waals surface area contributed by atoms with Crippen molar-refractivity contribution in [3.8, 4) is 0 Å². The van der Waals surface area contributed by atoms with Crippen LogP contribution in [0.4, 0.5) is 28.8 Å². The van der Waals surface area contributed by atoms with Gasteiger partial charge in [0.2, 0.25) is 10.0 Å². The van der Waals surface area contributed by atoms with E-state index < -0.39 is 36.1 Å². The van der Waals surface area contributed by atoms with Gasteiger partial charge in [-0.05, 0) is 31.5 Å². The van der Waals surface area contributed by atoms with Gasteiger partial charge in [-0.2, -0.15) is 0 Å². The Kier molecular flexibility index (Phi) is 7.28. The van der Waals surface area contributed by atoms with Crippen molar-refractivity contribution in [2.75, 3.05) is 23.7 Å². The zero-order chi connectivity index (χ0) is 24.9. The van der Waals surface area contributed by atoms with Gasteiger partial charge in [0, 0.05) is 37.5 Å². The van der Waals surface area contributed by atoms with Crippen LogP contribution in [-0.4, -0.2) is 46.3 Å². The Balaban J connectivity index is 1.65. The molecule has 0 atom stereocenters. The standard InChI is InChI=1S/C19H20N8O6S/c1-12-3-4-20-18(7-12)25-19-10-17(22-11-23-19)21-5-6-24-34(32,33)14-8-15(26(28)29)13(2)16(9-14)27(30)31/h3-4,7-11,24H,5-6H2,1-2H3,(H2,20,21,22,23,25). The average molecular weight is 488 g/mol. The summed E-state index contributed by atoms with van der Waals surface area (Å²) < 4.78 is 27.4. The second-order valence-electron chi connectivity index (χ2n) is 7.06. The predicted molar refractivity (Wildman–Crippen MR) is 122 cm³/mol. The van der Waals surface area contributed by atoms with Crippen molar-refractivity contribution in [1.29, 1.82) is 0 Å². The van der Waals surface area contributed by atoms with E-state index in [4.69, 9.17) is 0 Å². The number of aryl methyl sites for hydroxylation is 1. The second-order valence-corrected chi connectivity index (χ2v) is 8.82. The van der Waals surface area contributed by atoms with Gasteiger partial charge in [0.15, 0.2) is 0 Å². The number of nitro benzene ring substituents is 2. The topological polar surface area (TPSA) is 195 Å². The summed E-state index contributed by atoms with van der Waals surface area (Å²) in [6.45, 7) is 3.09. The summed E-state index contributed by atoms with van der Waals surface area (Å²) in [6, 6.07) is 6.88. The van der Waals surface area contributed by atoms with Crippen molar-refractivity contribution in [2.24, 2.45) is 0 Å². The molecule has 3 N–H and O–H groups in total. The molecule has 2 aromatic heterocycles. The van der Waals surface area contributed by atoms with E-state index in [1.807, 2.05) is 19.1 Å². The first kappa shape index (κ1) is 24.4. The van der Waals surface area contributed by atoms with Crippen LogP contribution in [0.5, 0.6) is 0 Å². The summed E-state index contributed by atoms with van der Waals surface area (Å²) in [5.74, 6) is 1.47. The SMILES string of the molecule is Cc1ccnc(Nc2cc(NCCNS(=O)(=O)c3cc([N+](=O)[O-])c(C)c([N+](=O)[O-])c3)ncn2)c1. The molecule has 3 rings (SSSR count). The number of nitro groups is 2. The summed E-state index contributed by atoms with van der Waals surface area (Å²) in [6.07, 6.45) is 2.97. The molecule has 0 aliphatic rings. The lowest BCUT2D eigenvalue weighted by molar-refractivity contribution is -0.395. The van der Waals surface area contributed by atoms with Gasteiger partial charge in [0.25, 0.3) is 11.4 Å². The fourth-order valence-corrected chi connectivity index (χ4v) is 3.98. The molecule has 14 nitrogen and oxygen atoms in total. The first-order chi connectivity index (χ1) is 16.1. The number of benzene rings is 1. The Morgan fingerprint density at radius 1 is 0.882 bits per heavy atom. The minimum Gasteiger partial charge on any atom is -0.369 e. The Labute approximate surface area is 193 Å². The van der Waals surface area contributed by atoms with Crippen LogP contribution in [-0.2, 0) is 10.0 Å². The average Bonchev–Trinajstić information content (AvgIpc) is 2.76. The molecular weight excluding hydrogens is 468 g/mol. The largest absolute Gasteiger partial charge is 0.369 e. The highest BCUT2D eigenvalue weighted by Gasteiger charge is 2.27. The highest BCUT2D eigenvalue weighted by Crippen LogP contribution is 2.31. The number of hydrogen-bond acceptors (Lipinski definition) is 11. The zero-order valence-electron chi connectivity index (χ0n) is 18.0. The number of pyridine rings is 1. The molecule has 2 heterocycles. The summed E-state index contributed by atoms with van der Waals surface area (Å²) >= 11 is 0. The van der Waals surface area contributed by atoms with Gasteiger partial charge in [-0.25, -0.2) is 28.1 Å². The van der Waals surface area contributed by atoms with Crippen LogP contribution in [0.1, 0.15) is 11.1 Å². The fourth-order valence-electron chi connectivity index (χ4n) is 2.91. The summed E-state index contributed by atoms with van der Waals surface area (Å²) in [4.78, 5) is 32.4. The molecule has 0 spiro atoms. The molecule has 178 valence electrons. The molecule has 0 unspecified atom stereocenters. The van der Waals surface area contributed by atoms with Gasteiger partial charge in [-0.15, -0.1) is 0 Å².